The van der Waals surface area contributed by atoms with Gasteiger partial charge in [-0.25, -0.2) is 4.98 Å². The van der Waals surface area contributed by atoms with Gasteiger partial charge in [-0.05, 0) is 19.7 Å². The molecular formula is C21H23N3OS. The minimum atomic E-state index is -0.00214. The Bertz CT molecular complexity index is 831. The van der Waals surface area contributed by atoms with E-state index in [2.05, 4.69) is 27.3 Å². The molecule has 26 heavy (non-hydrogen) atoms. The molecule has 2 aromatic carbocycles. The first-order valence-electron chi connectivity index (χ1n) is 8.61. The van der Waals surface area contributed by atoms with Gasteiger partial charge in [0.2, 0.25) is 5.91 Å². The quantitative estimate of drug-likeness (QED) is 0.693. The summed E-state index contributed by atoms with van der Waals surface area (Å²) in [4.78, 5) is 19.1. The van der Waals surface area contributed by atoms with E-state index in [1.165, 1.54) is 5.56 Å². The maximum absolute atomic E-state index is 12.4. The fourth-order valence-electron chi connectivity index (χ4n) is 2.81. The number of thiazole rings is 1. The minimum Gasteiger partial charge on any atom is -0.354 e. The van der Waals surface area contributed by atoms with Gasteiger partial charge in [0.1, 0.15) is 5.01 Å². The Hall–Kier alpha value is -2.50. The highest BCUT2D eigenvalue weighted by molar-refractivity contribution is 7.13. The van der Waals surface area contributed by atoms with Crippen molar-refractivity contribution >= 4 is 17.2 Å². The van der Waals surface area contributed by atoms with Gasteiger partial charge in [0.25, 0.3) is 0 Å². The number of nitrogens with zero attached hydrogens (tertiary/aromatic N) is 2. The third-order valence-electron chi connectivity index (χ3n) is 4.21. The molecule has 1 atom stereocenters. The summed E-state index contributed by atoms with van der Waals surface area (Å²) in [5, 5.41) is 5.95. The monoisotopic (exact) mass is 365 g/mol. The molecule has 134 valence electrons. The number of nitrogens with one attached hydrogen (secondary N) is 1. The zero-order valence-corrected chi connectivity index (χ0v) is 15.9. The van der Waals surface area contributed by atoms with E-state index in [4.69, 9.17) is 0 Å². The van der Waals surface area contributed by atoms with E-state index in [0.29, 0.717) is 13.0 Å². The van der Waals surface area contributed by atoms with Gasteiger partial charge >= 0.3 is 0 Å². The standard InChI is InChI=1S/C21H23N3OS/c1-24(2)19(16-9-5-3-6-10-16)14-22-20(25)13-18-15-26-21(23-18)17-11-7-4-8-12-17/h3-12,15,19H,13-14H2,1-2H3,(H,22,25)/t19-/m0/s1. The summed E-state index contributed by atoms with van der Waals surface area (Å²) < 4.78 is 0. The van der Waals surface area contributed by atoms with E-state index in [1.54, 1.807) is 11.3 Å². The van der Waals surface area contributed by atoms with Crippen LogP contribution in [0.3, 0.4) is 0 Å². The average Bonchev–Trinajstić information content (AvgIpc) is 3.11. The van der Waals surface area contributed by atoms with Crippen LogP contribution in [0, 0.1) is 0 Å². The molecule has 0 aliphatic rings. The Labute approximate surface area is 158 Å². The maximum Gasteiger partial charge on any atom is 0.226 e. The van der Waals surface area contributed by atoms with Gasteiger partial charge in [-0.2, -0.15) is 0 Å². The smallest absolute Gasteiger partial charge is 0.226 e. The summed E-state index contributed by atoms with van der Waals surface area (Å²) in [6, 6.07) is 20.4. The van der Waals surface area contributed by atoms with Crippen LogP contribution in [0.4, 0.5) is 0 Å². The topological polar surface area (TPSA) is 45.2 Å². The number of carbonyl (C=O) groups excluding carboxylic acids is 1. The van der Waals surface area contributed by atoms with Crippen molar-refractivity contribution in [3.63, 3.8) is 0 Å². The van der Waals surface area contributed by atoms with Crippen LogP contribution in [-0.2, 0) is 11.2 Å². The molecule has 3 rings (SSSR count). The third-order valence-corrected chi connectivity index (χ3v) is 5.15. The van der Waals surface area contributed by atoms with Crippen LogP contribution in [-0.4, -0.2) is 36.4 Å². The van der Waals surface area contributed by atoms with E-state index in [-0.39, 0.29) is 11.9 Å². The second-order valence-electron chi connectivity index (χ2n) is 6.38. The van der Waals surface area contributed by atoms with Crippen molar-refractivity contribution in [2.75, 3.05) is 20.6 Å². The predicted molar refractivity (Wildman–Crippen MR) is 107 cm³/mol. The first-order valence-corrected chi connectivity index (χ1v) is 9.49. The van der Waals surface area contributed by atoms with Crippen LogP contribution in [0.1, 0.15) is 17.3 Å². The van der Waals surface area contributed by atoms with E-state index in [9.17, 15) is 4.79 Å². The highest BCUT2D eigenvalue weighted by Gasteiger charge is 2.15. The predicted octanol–water partition coefficient (Wildman–Crippen LogP) is 3.77. The van der Waals surface area contributed by atoms with E-state index >= 15 is 0 Å². The molecule has 1 amide bonds. The van der Waals surface area contributed by atoms with Crippen LogP contribution in [0.2, 0.25) is 0 Å². The molecule has 4 nitrogen and oxygen atoms in total. The zero-order valence-electron chi connectivity index (χ0n) is 15.1. The number of hydrogen-bond donors (Lipinski definition) is 1. The summed E-state index contributed by atoms with van der Waals surface area (Å²) in [6.45, 7) is 0.575. The average molecular weight is 366 g/mol. The first-order chi connectivity index (χ1) is 12.6. The van der Waals surface area contributed by atoms with Crippen molar-refractivity contribution in [3.8, 4) is 10.6 Å². The van der Waals surface area contributed by atoms with E-state index < -0.39 is 0 Å². The number of rotatable bonds is 7. The fraction of sp³-hybridized carbons (Fsp3) is 0.238. The molecule has 1 heterocycles. The SMILES string of the molecule is CN(C)[C@@H](CNC(=O)Cc1csc(-c2ccccc2)n1)c1ccccc1. The number of aromatic nitrogens is 1. The van der Waals surface area contributed by atoms with Crippen molar-refractivity contribution < 1.29 is 4.79 Å². The van der Waals surface area contributed by atoms with Crippen LogP contribution < -0.4 is 5.32 Å². The Morgan fingerprint density at radius 2 is 1.73 bits per heavy atom. The van der Waals surface area contributed by atoms with Gasteiger partial charge in [0.05, 0.1) is 18.2 Å². The molecule has 5 heteroatoms. The molecule has 3 aromatic rings. The van der Waals surface area contributed by atoms with Crippen molar-refractivity contribution in [1.29, 1.82) is 0 Å². The van der Waals surface area contributed by atoms with Gasteiger partial charge in [0, 0.05) is 17.5 Å². The minimum absolute atomic E-state index is 0.00214. The largest absolute Gasteiger partial charge is 0.354 e. The van der Waals surface area contributed by atoms with Crippen LogP contribution in [0.15, 0.2) is 66.0 Å². The summed E-state index contributed by atoms with van der Waals surface area (Å²) >= 11 is 1.57. The van der Waals surface area contributed by atoms with Crippen LogP contribution in [0.25, 0.3) is 10.6 Å². The van der Waals surface area contributed by atoms with Gasteiger partial charge in [-0.15, -0.1) is 11.3 Å². The molecule has 0 fully saturated rings. The second-order valence-corrected chi connectivity index (χ2v) is 7.24. The number of carbonyl (C=O) groups is 1. The molecule has 1 N–H and O–H groups in total. The lowest BCUT2D eigenvalue weighted by Gasteiger charge is -2.25. The summed E-state index contributed by atoms with van der Waals surface area (Å²) in [6.07, 6.45) is 0.304. The number of amides is 1. The van der Waals surface area contributed by atoms with Crippen molar-refractivity contribution in [2.45, 2.75) is 12.5 Å². The van der Waals surface area contributed by atoms with Gasteiger partial charge in [-0.1, -0.05) is 60.7 Å². The van der Waals surface area contributed by atoms with E-state index in [0.717, 1.165) is 16.3 Å². The summed E-state index contributed by atoms with van der Waals surface area (Å²) in [5.74, 6) is -0.00214. The second kappa shape index (κ2) is 8.74. The Morgan fingerprint density at radius 3 is 2.38 bits per heavy atom. The van der Waals surface area contributed by atoms with E-state index in [1.807, 2.05) is 68.0 Å². The molecule has 0 bridgehead atoms. The fourth-order valence-corrected chi connectivity index (χ4v) is 3.64. The molecule has 0 aliphatic carbocycles. The first kappa shape index (κ1) is 18.3. The highest BCUT2D eigenvalue weighted by atomic mass is 32.1. The van der Waals surface area contributed by atoms with Gasteiger partial charge in [-0.3, -0.25) is 4.79 Å². The van der Waals surface area contributed by atoms with Crippen molar-refractivity contribution in [3.05, 3.63) is 77.3 Å². The molecule has 0 radical (unpaired) electrons. The molecule has 0 unspecified atom stereocenters. The summed E-state index contributed by atoms with van der Waals surface area (Å²) in [7, 11) is 4.05. The zero-order chi connectivity index (χ0) is 18.4. The van der Waals surface area contributed by atoms with Gasteiger partial charge in [0.15, 0.2) is 0 Å². The molecule has 0 aliphatic heterocycles. The normalized spacial score (nSPS) is 12.1. The summed E-state index contributed by atoms with van der Waals surface area (Å²) in [5.41, 5.74) is 3.09. The lowest BCUT2D eigenvalue weighted by Crippen LogP contribution is -2.35. The number of benzene rings is 2. The Morgan fingerprint density at radius 1 is 1.08 bits per heavy atom. The molecule has 0 spiro atoms. The maximum atomic E-state index is 12.4. The molecular weight excluding hydrogens is 342 g/mol. The third kappa shape index (κ3) is 4.77. The lowest BCUT2D eigenvalue weighted by molar-refractivity contribution is -0.120. The Kier molecular flexibility index (Phi) is 6.15. The number of likely N-dealkylation sites (N-methyl/N-ethyl adjacent to an activating group) is 1. The number of hydrogen-bond acceptors (Lipinski definition) is 4. The molecule has 0 saturated carbocycles. The van der Waals surface area contributed by atoms with Gasteiger partial charge < -0.3 is 10.2 Å². The van der Waals surface area contributed by atoms with Crippen LogP contribution >= 0.6 is 11.3 Å². The van der Waals surface area contributed by atoms with Crippen molar-refractivity contribution in [1.82, 2.24) is 15.2 Å². The van der Waals surface area contributed by atoms with Crippen LogP contribution in [0.5, 0.6) is 0 Å². The Balaban J connectivity index is 1.58. The molecule has 0 saturated heterocycles. The lowest BCUT2D eigenvalue weighted by atomic mass is 10.1. The molecule has 1 aromatic heterocycles. The van der Waals surface area contributed by atoms with Crippen molar-refractivity contribution in [2.24, 2.45) is 0 Å². The highest BCUT2D eigenvalue weighted by Crippen LogP contribution is 2.23.